The Balaban J connectivity index is 1.33. The largest absolute Gasteiger partial charge is 0.446 e. The minimum Gasteiger partial charge on any atom is -0.367 e. The van der Waals surface area contributed by atoms with E-state index in [2.05, 4.69) is 20.4 Å². The molecule has 1 aliphatic heterocycles. The van der Waals surface area contributed by atoms with Gasteiger partial charge in [0.1, 0.15) is 12.1 Å². The van der Waals surface area contributed by atoms with E-state index in [9.17, 15) is 35.9 Å². The molecule has 4 aromatic rings. The molecule has 246 valence electrons. The number of benzene rings is 3. The first kappa shape index (κ1) is 33.9. The summed E-state index contributed by atoms with van der Waals surface area (Å²) in [5.74, 6) is -1.65. The van der Waals surface area contributed by atoms with E-state index in [0.29, 0.717) is 11.3 Å². The lowest BCUT2D eigenvalue weighted by molar-refractivity contribution is -0.215. The van der Waals surface area contributed by atoms with Gasteiger partial charge < -0.3 is 10.1 Å². The van der Waals surface area contributed by atoms with Crippen LogP contribution in [0.2, 0.25) is 0 Å². The minimum atomic E-state index is -4.80. The van der Waals surface area contributed by atoms with E-state index in [1.165, 1.54) is 65.6 Å². The summed E-state index contributed by atoms with van der Waals surface area (Å²) in [6.07, 6.45) is -5.87. The molecule has 18 heteroatoms. The quantitative estimate of drug-likeness (QED) is 0.155. The number of nitrogens with zero attached hydrogens (tertiary/aromatic N) is 5. The molecule has 3 amide bonds. The van der Waals surface area contributed by atoms with Gasteiger partial charge in [-0.05, 0) is 72.8 Å². The van der Waals surface area contributed by atoms with Gasteiger partial charge >= 0.3 is 17.7 Å². The highest BCUT2D eigenvalue weighted by Gasteiger charge is 2.44. The van der Waals surface area contributed by atoms with E-state index < -0.39 is 35.5 Å². The third-order valence-electron chi connectivity index (χ3n) is 6.50. The number of methoxy groups -OCH3 is 1. The second-order valence-electron chi connectivity index (χ2n) is 9.81. The molecule has 0 aliphatic carbocycles. The molecular formula is C29H21F7N6O3S2. The fraction of sp³-hybridized carbons (Fsp3) is 0.207. The monoisotopic (exact) mass is 698 g/mol. The van der Waals surface area contributed by atoms with Crippen LogP contribution in [0, 0.1) is 12.7 Å². The summed E-state index contributed by atoms with van der Waals surface area (Å²) < 4.78 is 100.0. The third-order valence-corrected chi connectivity index (χ3v) is 8.16. The molecule has 3 aromatic carbocycles. The van der Waals surface area contributed by atoms with Gasteiger partial charge in [0.25, 0.3) is 0 Å². The summed E-state index contributed by atoms with van der Waals surface area (Å²) in [4.78, 5) is 34.4. The van der Waals surface area contributed by atoms with Crippen LogP contribution in [0.1, 0.15) is 17.2 Å². The molecule has 0 spiro atoms. The minimum absolute atomic E-state index is 0.0154. The first-order chi connectivity index (χ1) is 22.1. The predicted molar refractivity (Wildman–Crippen MR) is 162 cm³/mol. The Labute approximate surface area is 270 Å². The van der Waals surface area contributed by atoms with Crippen molar-refractivity contribution in [1.82, 2.24) is 14.8 Å². The number of aromatic nitrogens is 3. The second-order valence-corrected chi connectivity index (χ2v) is 11.9. The highest BCUT2D eigenvalue weighted by molar-refractivity contribution is 8.15. The van der Waals surface area contributed by atoms with Crippen LogP contribution in [0.25, 0.3) is 17.1 Å². The van der Waals surface area contributed by atoms with Crippen LogP contribution in [-0.2, 0) is 9.53 Å². The number of nitrogens with one attached hydrogen (secondary N) is 1. The lowest BCUT2D eigenvalue weighted by Crippen LogP contribution is -2.33. The smallest absolute Gasteiger partial charge is 0.367 e. The molecule has 1 N–H and O–H groups in total. The Kier molecular flexibility index (Phi) is 9.65. The van der Waals surface area contributed by atoms with E-state index in [4.69, 9.17) is 4.74 Å². The number of carbonyl (C=O) groups is 2. The summed E-state index contributed by atoms with van der Waals surface area (Å²) in [7, 11) is 0.884. The molecule has 2 heterocycles. The van der Waals surface area contributed by atoms with Crippen molar-refractivity contribution in [2.75, 3.05) is 23.1 Å². The van der Waals surface area contributed by atoms with Crippen LogP contribution in [0.15, 0.2) is 76.9 Å². The Morgan fingerprint density at radius 1 is 1.06 bits per heavy atom. The van der Waals surface area contributed by atoms with Crippen molar-refractivity contribution >= 4 is 52.0 Å². The number of anilines is 2. The molecule has 0 saturated carbocycles. The van der Waals surface area contributed by atoms with Crippen LogP contribution in [-0.4, -0.2) is 56.4 Å². The van der Waals surface area contributed by atoms with E-state index in [-0.39, 0.29) is 55.9 Å². The summed E-state index contributed by atoms with van der Waals surface area (Å²) in [5, 5.41) is 6.27. The van der Waals surface area contributed by atoms with Crippen LogP contribution in [0.4, 0.5) is 46.9 Å². The highest BCUT2D eigenvalue weighted by Crippen LogP contribution is 2.42. The summed E-state index contributed by atoms with van der Waals surface area (Å²) >= 11 is 0.561. The first-order valence-electron chi connectivity index (χ1n) is 13.3. The molecule has 1 saturated heterocycles. The number of urea groups is 1. The molecular weight excluding hydrogens is 677 g/mol. The maximum atomic E-state index is 15.0. The number of rotatable bonds is 7. The van der Waals surface area contributed by atoms with Crippen LogP contribution in [0.3, 0.4) is 0 Å². The topological polar surface area (TPSA) is 102 Å². The number of halogens is 7. The predicted octanol–water partition coefficient (Wildman–Crippen LogP) is 7.91. The molecule has 47 heavy (non-hydrogen) atoms. The van der Waals surface area contributed by atoms with E-state index in [1.807, 2.05) is 0 Å². The number of hydrogen-bond acceptors (Lipinski definition) is 7. The second kappa shape index (κ2) is 13.4. The molecule has 1 atom stereocenters. The third kappa shape index (κ3) is 7.94. The molecule has 1 aromatic heterocycles. The number of thioether (sulfide) groups is 2. The van der Waals surface area contributed by atoms with Gasteiger partial charge in [0.15, 0.2) is 17.1 Å². The Bertz CT molecular complexity index is 1850. The molecule has 0 radical (unpaired) electrons. The molecule has 5 rings (SSSR count). The summed E-state index contributed by atoms with van der Waals surface area (Å²) in [6.45, 7) is 1.62. The van der Waals surface area contributed by atoms with Crippen LogP contribution in [0.5, 0.6) is 0 Å². The molecule has 9 nitrogen and oxygen atoms in total. The fourth-order valence-corrected chi connectivity index (χ4v) is 5.89. The average molecular weight is 699 g/mol. The average Bonchev–Trinajstić information content (AvgIpc) is 3.61. The normalized spacial score (nSPS) is 15.4. The summed E-state index contributed by atoms with van der Waals surface area (Å²) in [5.41, 5.74) is -4.09. The van der Waals surface area contributed by atoms with Crippen molar-refractivity contribution in [2.24, 2.45) is 4.99 Å². The standard InChI is InChI=1S/C29H21F7N6O3S2/c1-15-3-9-19(24(45-2)28(31,32)33)22(11-15)42-23(43)13-46-27(42)39-26(44)38-21-10-4-16(12-20(21)30)25-37-14-41(40-25)17-5-7-18(8-6-17)47-29(34,35)36/h3-12,14,24H,13H2,1-2H3,(H,38,44)/b39-27-. The van der Waals surface area contributed by atoms with Crippen molar-refractivity contribution in [3.05, 3.63) is 83.9 Å². The van der Waals surface area contributed by atoms with Crippen molar-refractivity contribution < 1.29 is 45.1 Å². The number of aryl methyl sites for hydroxylation is 1. The number of amides is 3. The van der Waals surface area contributed by atoms with Gasteiger partial charge in [0.2, 0.25) is 5.91 Å². The SMILES string of the molecule is COC(c1ccc(C)cc1N1C(=O)CS/C1=N\C(=O)Nc1ccc(-c2ncn(-c3ccc(SC(F)(F)F)cc3)n2)cc1F)C(F)(F)F. The van der Waals surface area contributed by atoms with Gasteiger partial charge in [-0.15, -0.1) is 5.10 Å². The molecule has 1 aliphatic rings. The van der Waals surface area contributed by atoms with Gasteiger partial charge in [-0.2, -0.15) is 31.3 Å². The van der Waals surface area contributed by atoms with Crippen molar-refractivity contribution in [1.29, 1.82) is 0 Å². The van der Waals surface area contributed by atoms with Crippen molar-refractivity contribution in [3.63, 3.8) is 0 Å². The van der Waals surface area contributed by atoms with Crippen molar-refractivity contribution in [2.45, 2.75) is 29.6 Å². The molecule has 1 fully saturated rings. The number of ether oxygens (including phenoxy) is 1. The van der Waals surface area contributed by atoms with Gasteiger partial charge in [-0.1, -0.05) is 23.9 Å². The number of alkyl halides is 6. The Hall–Kier alpha value is -4.42. The number of hydrogen-bond donors (Lipinski definition) is 1. The maximum Gasteiger partial charge on any atom is 0.446 e. The Morgan fingerprint density at radius 2 is 1.79 bits per heavy atom. The van der Waals surface area contributed by atoms with Gasteiger partial charge in [-0.25, -0.2) is 18.9 Å². The van der Waals surface area contributed by atoms with Gasteiger partial charge in [0, 0.05) is 23.1 Å². The summed E-state index contributed by atoms with van der Waals surface area (Å²) in [6, 6.07) is 11.9. The fourth-order valence-electron chi connectivity index (χ4n) is 4.49. The zero-order valence-electron chi connectivity index (χ0n) is 24.1. The Morgan fingerprint density at radius 3 is 2.43 bits per heavy atom. The van der Waals surface area contributed by atoms with Crippen LogP contribution < -0.4 is 10.2 Å². The number of aliphatic imine (C=N–C) groups is 1. The zero-order valence-corrected chi connectivity index (χ0v) is 25.7. The van der Waals surface area contributed by atoms with E-state index in [1.54, 1.807) is 6.92 Å². The maximum absolute atomic E-state index is 15.0. The number of carbonyl (C=O) groups excluding carboxylic acids is 2. The first-order valence-corrected chi connectivity index (χ1v) is 15.1. The lowest BCUT2D eigenvalue weighted by Gasteiger charge is -2.26. The van der Waals surface area contributed by atoms with E-state index in [0.717, 1.165) is 29.8 Å². The zero-order chi connectivity index (χ0) is 34.1. The van der Waals surface area contributed by atoms with E-state index >= 15 is 4.39 Å². The van der Waals surface area contributed by atoms with Gasteiger partial charge in [0.05, 0.1) is 22.8 Å². The number of amidine groups is 1. The van der Waals surface area contributed by atoms with Gasteiger partial charge in [-0.3, -0.25) is 9.69 Å². The molecule has 1 unspecified atom stereocenters. The van der Waals surface area contributed by atoms with Crippen LogP contribution >= 0.6 is 23.5 Å². The molecule has 0 bridgehead atoms. The van der Waals surface area contributed by atoms with Crippen molar-refractivity contribution in [3.8, 4) is 17.1 Å². The highest BCUT2D eigenvalue weighted by atomic mass is 32.2. The lowest BCUT2D eigenvalue weighted by atomic mass is 10.0.